The van der Waals surface area contributed by atoms with E-state index < -0.39 is 0 Å². The summed E-state index contributed by atoms with van der Waals surface area (Å²) in [6.45, 7) is 4.68. The number of aromatic nitrogens is 3. The fourth-order valence-electron chi connectivity index (χ4n) is 7.29. The van der Waals surface area contributed by atoms with E-state index in [0.717, 1.165) is 33.2 Å². The normalized spacial score (nSPS) is 13.1. The van der Waals surface area contributed by atoms with Crippen molar-refractivity contribution in [1.29, 1.82) is 0 Å². The zero-order chi connectivity index (χ0) is 31.5. The van der Waals surface area contributed by atoms with Gasteiger partial charge in [-0.2, -0.15) is 0 Å². The first-order chi connectivity index (χ1) is 23.0. The van der Waals surface area contributed by atoms with Gasteiger partial charge in [0, 0.05) is 22.1 Å². The third-order valence-electron chi connectivity index (χ3n) is 9.72. The first-order valence-corrected chi connectivity index (χ1v) is 16.1. The van der Waals surface area contributed by atoms with Crippen LogP contribution in [0.25, 0.3) is 78.0 Å². The fourth-order valence-corrected chi connectivity index (χ4v) is 7.29. The summed E-state index contributed by atoms with van der Waals surface area (Å²) in [7, 11) is 0. The number of hydrogen-bond acceptors (Lipinski definition) is 3. The molecule has 1 aromatic heterocycles. The zero-order valence-corrected chi connectivity index (χ0v) is 26.3. The van der Waals surface area contributed by atoms with Crippen molar-refractivity contribution in [2.24, 2.45) is 0 Å². The third-order valence-corrected chi connectivity index (χ3v) is 9.72. The van der Waals surface area contributed by atoms with Crippen LogP contribution in [0.15, 0.2) is 152 Å². The number of benzene rings is 7. The Morgan fingerprint density at radius 3 is 1.79 bits per heavy atom. The molecule has 0 bridgehead atoms. The van der Waals surface area contributed by atoms with Gasteiger partial charge in [0.15, 0.2) is 17.5 Å². The van der Waals surface area contributed by atoms with Crippen molar-refractivity contribution in [2.75, 3.05) is 0 Å². The van der Waals surface area contributed by atoms with Gasteiger partial charge in [-0.15, -0.1) is 0 Å². The Labute approximate surface area is 274 Å². The molecule has 0 radical (unpaired) electrons. The maximum atomic E-state index is 5.15. The van der Waals surface area contributed by atoms with Crippen molar-refractivity contribution in [3.05, 3.63) is 163 Å². The van der Waals surface area contributed by atoms with E-state index in [0.29, 0.717) is 17.5 Å². The van der Waals surface area contributed by atoms with Crippen LogP contribution in [0.1, 0.15) is 25.0 Å². The molecule has 1 heterocycles. The van der Waals surface area contributed by atoms with Gasteiger partial charge in [0.25, 0.3) is 0 Å². The van der Waals surface area contributed by atoms with Crippen molar-refractivity contribution in [3.8, 4) is 56.4 Å². The van der Waals surface area contributed by atoms with Crippen LogP contribution in [0.3, 0.4) is 0 Å². The molecule has 222 valence electrons. The molecule has 0 N–H and O–H groups in total. The Kier molecular flexibility index (Phi) is 6.16. The second kappa shape index (κ2) is 10.6. The molecule has 0 saturated carbocycles. The smallest absolute Gasteiger partial charge is 0.164 e. The van der Waals surface area contributed by atoms with Crippen LogP contribution in [0.5, 0.6) is 0 Å². The highest BCUT2D eigenvalue weighted by molar-refractivity contribution is 6.13. The van der Waals surface area contributed by atoms with Crippen LogP contribution in [0.2, 0.25) is 0 Å². The van der Waals surface area contributed by atoms with Crippen LogP contribution in [0.4, 0.5) is 0 Å². The Morgan fingerprint density at radius 1 is 0.362 bits per heavy atom. The number of fused-ring (bicyclic) bond motifs is 6. The lowest BCUT2D eigenvalue weighted by Crippen LogP contribution is -2.14. The molecule has 0 spiro atoms. The van der Waals surface area contributed by atoms with E-state index in [1.807, 2.05) is 24.3 Å². The first-order valence-electron chi connectivity index (χ1n) is 16.1. The average molecular weight is 602 g/mol. The summed E-state index contributed by atoms with van der Waals surface area (Å²) in [4.78, 5) is 15.3. The molecule has 1 aliphatic rings. The second-order valence-corrected chi connectivity index (χ2v) is 12.9. The van der Waals surface area contributed by atoms with Crippen molar-refractivity contribution in [3.63, 3.8) is 0 Å². The van der Waals surface area contributed by atoms with Crippen molar-refractivity contribution in [1.82, 2.24) is 15.0 Å². The summed E-state index contributed by atoms with van der Waals surface area (Å²) in [6, 6.07) is 53.6. The third kappa shape index (κ3) is 4.46. The topological polar surface area (TPSA) is 38.7 Å². The van der Waals surface area contributed by atoms with Gasteiger partial charge in [-0.1, -0.05) is 147 Å². The van der Waals surface area contributed by atoms with Crippen molar-refractivity contribution in [2.45, 2.75) is 19.3 Å². The van der Waals surface area contributed by atoms with Crippen LogP contribution in [-0.4, -0.2) is 15.0 Å². The highest BCUT2D eigenvalue weighted by Crippen LogP contribution is 2.50. The van der Waals surface area contributed by atoms with E-state index >= 15 is 0 Å². The first kappa shape index (κ1) is 27.4. The van der Waals surface area contributed by atoms with Crippen LogP contribution < -0.4 is 0 Å². The monoisotopic (exact) mass is 601 g/mol. The van der Waals surface area contributed by atoms with E-state index in [4.69, 9.17) is 15.0 Å². The molecular formula is C44H31N3. The minimum absolute atomic E-state index is 0.0676. The molecule has 0 amide bonds. The van der Waals surface area contributed by atoms with Gasteiger partial charge in [-0.3, -0.25) is 0 Å². The molecule has 8 aromatic rings. The fraction of sp³-hybridized carbons (Fsp3) is 0.0682. The number of hydrogen-bond donors (Lipinski definition) is 0. The minimum Gasteiger partial charge on any atom is -0.208 e. The van der Waals surface area contributed by atoms with Gasteiger partial charge in [0.2, 0.25) is 0 Å². The van der Waals surface area contributed by atoms with E-state index in [-0.39, 0.29) is 5.41 Å². The Bertz CT molecular complexity index is 2480. The molecule has 0 unspecified atom stereocenters. The molecule has 3 nitrogen and oxygen atoms in total. The highest BCUT2D eigenvalue weighted by Gasteiger charge is 2.35. The predicted molar refractivity (Wildman–Crippen MR) is 194 cm³/mol. The molecule has 47 heavy (non-hydrogen) atoms. The second-order valence-electron chi connectivity index (χ2n) is 12.9. The summed E-state index contributed by atoms with van der Waals surface area (Å²) in [5.74, 6) is 1.98. The van der Waals surface area contributed by atoms with E-state index in [9.17, 15) is 0 Å². The summed E-state index contributed by atoms with van der Waals surface area (Å²) in [5, 5.41) is 4.81. The molecule has 0 fully saturated rings. The lowest BCUT2D eigenvalue weighted by atomic mass is 9.81. The summed E-state index contributed by atoms with van der Waals surface area (Å²) in [5.41, 5.74) is 10.6. The maximum absolute atomic E-state index is 5.15. The molecule has 3 heteroatoms. The van der Waals surface area contributed by atoms with Crippen LogP contribution in [-0.2, 0) is 5.41 Å². The lowest BCUT2D eigenvalue weighted by molar-refractivity contribution is 0.661. The van der Waals surface area contributed by atoms with Crippen molar-refractivity contribution < 1.29 is 0 Å². The summed E-state index contributed by atoms with van der Waals surface area (Å²) in [6.07, 6.45) is 0. The van der Waals surface area contributed by atoms with Crippen LogP contribution >= 0.6 is 0 Å². The summed E-state index contributed by atoms with van der Waals surface area (Å²) < 4.78 is 0. The Balaban J connectivity index is 1.24. The molecule has 0 atom stereocenters. The molecule has 0 saturated heterocycles. The lowest BCUT2D eigenvalue weighted by Gasteiger charge is -2.22. The number of rotatable bonds is 4. The molecule has 9 rings (SSSR count). The van der Waals surface area contributed by atoms with Gasteiger partial charge < -0.3 is 0 Å². The molecule has 7 aromatic carbocycles. The maximum Gasteiger partial charge on any atom is 0.164 e. The largest absolute Gasteiger partial charge is 0.208 e. The number of nitrogens with zero attached hydrogens (tertiary/aromatic N) is 3. The molecular weight excluding hydrogens is 571 g/mol. The minimum atomic E-state index is -0.0676. The average Bonchev–Trinajstić information content (AvgIpc) is 3.36. The Morgan fingerprint density at radius 2 is 0.979 bits per heavy atom. The SMILES string of the molecule is CC1(C)c2ccccc2-c2cc3ccc4c(-c5nc(-c6ccccc6)nc(-c6cccc(-c7ccccc7)c6)n5)cccc4c3cc21. The highest BCUT2D eigenvalue weighted by atomic mass is 15.0. The summed E-state index contributed by atoms with van der Waals surface area (Å²) >= 11 is 0. The zero-order valence-electron chi connectivity index (χ0n) is 26.3. The van der Waals surface area contributed by atoms with Gasteiger partial charge in [0.1, 0.15) is 0 Å². The van der Waals surface area contributed by atoms with E-state index in [2.05, 4.69) is 141 Å². The quantitative estimate of drug-likeness (QED) is 0.188. The van der Waals surface area contributed by atoms with Crippen molar-refractivity contribution >= 4 is 21.5 Å². The van der Waals surface area contributed by atoms with Gasteiger partial charge in [0.05, 0.1) is 0 Å². The predicted octanol–water partition coefficient (Wildman–Crippen LogP) is 11.2. The van der Waals surface area contributed by atoms with Gasteiger partial charge >= 0.3 is 0 Å². The molecule has 0 aliphatic heterocycles. The van der Waals surface area contributed by atoms with Crippen LogP contribution in [0, 0.1) is 0 Å². The van der Waals surface area contributed by atoms with E-state index in [1.165, 1.54) is 38.4 Å². The van der Waals surface area contributed by atoms with Gasteiger partial charge in [-0.05, 0) is 73.1 Å². The van der Waals surface area contributed by atoms with E-state index in [1.54, 1.807) is 0 Å². The van der Waals surface area contributed by atoms with Gasteiger partial charge in [-0.25, -0.2) is 15.0 Å². The standard InChI is InChI=1S/C44H31N3/c1-44(2)39-22-10-9-19-35(39)38-26-31-23-24-34-33(37(31)27-40(38)44)20-12-21-36(34)43-46-41(29-15-7-4-8-16-29)45-42(47-43)32-18-11-17-30(25-32)28-13-5-3-6-14-28/h3-27H,1-2H3. The molecule has 1 aliphatic carbocycles. The Hall–Kier alpha value is -5.93.